The summed E-state index contributed by atoms with van der Waals surface area (Å²) in [6.45, 7) is 0. The van der Waals surface area contributed by atoms with Crippen LogP contribution >= 0.6 is 11.3 Å². The van der Waals surface area contributed by atoms with Gasteiger partial charge >= 0.3 is 0 Å². The SMILES string of the molecule is c1ccc(-c2nc(-c3cccc(-n4c5ccccc5c5ccccc54)c3)nc(-c3c4c(cc5sc6ccccc6c35)-c3cccc5cccc-4c35)n2)cc1. The van der Waals surface area contributed by atoms with E-state index in [2.05, 4.69) is 156 Å². The molecule has 12 rings (SSSR count). The highest BCUT2D eigenvalue weighted by Crippen LogP contribution is 2.55. The van der Waals surface area contributed by atoms with Gasteiger partial charge in [-0.3, -0.25) is 0 Å². The Morgan fingerprint density at radius 3 is 1.78 bits per heavy atom. The topological polar surface area (TPSA) is 43.6 Å². The molecule has 11 aromatic rings. The molecule has 3 heterocycles. The maximum absolute atomic E-state index is 5.46. The largest absolute Gasteiger partial charge is 0.309 e. The van der Waals surface area contributed by atoms with Crippen LogP contribution in [0.25, 0.3) is 115 Å². The lowest BCUT2D eigenvalue weighted by molar-refractivity contribution is 1.07. The second kappa shape index (κ2) is 11.3. The predicted molar refractivity (Wildman–Crippen MR) is 225 cm³/mol. The highest BCUT2D eigenvalue weighted by molar-refractivity contribution is 7.26. The molecule has 1 aliphatic rings. The van der Waals surface area contributed by atoms with Crippen molar-refractivity contribution in [2.75, 3.05) is 0 Å². The van der Waals surface area contributed by atoms with Crippen molar-refractivity contribution in [1.29, 1.82) is 0 Å². The third kappa shape index (κ3) is 4.21. The minimum atomic E-state index is 0.639. The zero-order valence-corrected chi connectivity index (χ0v) is 29.7. The first-order chi connectivity index (χ1) is 26.8. The summed E-state index contributed by atoms with van der Waals surface area (Å²) < 4.78 is 4.82. The van der Waals surface area contributed by atoms with Gasteiger partial charge in [0.15, 0.2) is 17.5 Å². The molecule has 0 saturated carbocycles. The molecular weight excluding hydrogens is 677 g/mol. The molecule has 54 heavy (non-hydrogen) atoms. The summed E-state index contributed by atoms with van der Waals surface area (Å²) in [5, 5.41) is 7.39. The van der Waals surface area contributed by atoms with Crippen molar-refractivity contribution in [3.63, 3.8) is 0 Å². The minimum absolute atomic E-state index is 0.639. The average molecular weight is 705 g/mol. The Kier molecular flexibility index (Phi) is 6.18. The van der Waals surface area contributed by atoms with E-state index in [-0.39, 0.29) is 0 Å². The van der Waals surface area contributed by atoms with Crippen LogP contribution in [0.15, 0.2) is 170 Å². The van der Waals surface area contributed by atoms with Crippen molar-refractivity contribution in [1.82, 2.24) is 19.5 Å². The van der Waals surface area contributed by atoms with Gasteiger partial charge in [0, 0.05) is 58.9 Å². The summed E-state index contributed by atoms with van der Waals surface area (Å²) >= 11 is 1.83. The van der Waals surface area contributed by atoms with E-state index in [1.807, 2.05) is 29.5 Å². The van der Waals surface area contributed by atoms with Gasteiger partial charge < -0.3 is 4.57 Å². The van der Waals surface area contributed by atoms with E-state index in [1.165, 1.54) is 64.0 Å². The molecule has 0 N–H and O–H groups in total. The number of fused-ring (bicyclic) bond motifs is 9. The average Bonchev–Trinajstić information content (AvgIpc) is 3.89. The molecule has 250 valence electrons. The predicted octanol–water partition coefficient (Wildman–Crippen LogP) is 13.1. The number of hydrogen-bond acceptors (Lipinski definition) is 4. The van der Waals surface area contributed by atoms with Gasteiger partial charge in [-0.1, -0.05) is 133 Å². The number of benzene rings is 8. The van der Waals surface area contributed by atoms with E-state index >= 15 is 0 Å². The Balaban J connectivity index is 1.16. The van der Waals surface area contributed by atoms with Crippen molar-refractivity contribution < 1.29 is 0 Å². The summed E-state index contributed by atoms with van der Waals surface area (Å²) in [4.78, 5) is 16.1. The molecule has 8 aromatic carbocycles. The normalized spacial score (nSPS) is 12.1. The zero-order chi connectivity index (χ0) is 35.3. The lowest BCUT2D eigenvalue weighted by atomic mass is 9.93. The molecule has 3 aromatic heterocycles. The molecule has 0 bridgehead atoms. The van der Waals surface area contributed by atoms with E-state index < -0.39 is 0 Å². The fraction of sp³-hybridized carbons (Fsp3) is 0. The number of rotatable bonds is 4. The summed E-state index contributed by atoms with van der Waals surface area (Å²) in [7, 11) is 0. The summed E-state index contributed by atoms with van der Waals surface area (Å²) in [6, 6.07) is 60.5. The first-order valence-corrected chi connectivity index (χ1v) is 19.0. The number of aromatic nitrogens is 4. The first-order valence-electron chi connectivity index (χ1n) is 18.2. The first kappa shape index (κ1) is 29.6. The molecule has 4 nitrogen and oxygen atoms in total. The molecule has 0 saturated heterocycles. The van der Waals surface area contributed by atoms with Gasteiger partial charge in [-0.15, -0.1) is 11.3 Å². The maximum atomic E-state index is 5.46. The number of thiophene rings is 1. The fourth-order valence-corrected chi connectivity index (χ4v) is 9.85. The second-order valence-corrected chi connectivity index (χ2v) is 15.0. The zero-order valence-electron chi connectivity index (χ0n) is 28.9. The molecule has 1 aliphatic carbocycles. The number of nitrogens with zero attached hydrogens (tertiary/aromatic N) is 4. The van der Waals surface area contributed by atoms with Crippen molar-refractivity contribution in [3.05, 3.63) is 170 Å². The molecule has 5 heteroatoms. The van der Waals surface area contributed by atoms with Gasteiger partial charge in [0.25, 0.3) is 0 Å². The van der Waals surface area contributed by atoms with Crippen molar-refractivity contribution in [3.8, 4) is 62.1 Å². The van der Waals surface area contributed by atoms with Crippen molar-refractivity contribution >= 4 is 64.1 Å². The highest BCUT2D eigenvalue weighted by Gasteiger charge is 2.30. The van der Waals surface area contributed by atoms with Crippen LogP contribution in [0.3, 0.4) is 0 Å². The van der Waals surface area contributed by atoms with Crippen LogP contribution in [-0.4, -0.2) is 19.5 Å². The molecule has 0 spiro atoms. The van der Waals surface area contributed by atoms with E-state index in [0.29, 0.717) is 17.5 Å². The standard InChI is InChI=1S/C49H28N4S/c1-2-13-30(14-3-1)47-50-48(31-17-10-18-32(27-31)53-39-24-7-4-19-33(39)34-20-5-8-25-40(34)53)52-49(51-47)46-44-37-23-12-16-29-15-11-22-35(43(29)37)38(44)28-42-45(46)36-21-6-9-26-41(36)54-42/h1-28H. The Morgan fingerprint density at radius 1 is 0.389 bits per heavy atom. The van der Waals surface area contributed by atoms with Crippen LogP contribution < -0.4 is 0 Å². The van der Waals surface area contributed by atoms with Gasteiger partial charge in [0.05, 0.1) is 11.0 Å². The fourth-order valence-electron chi connectivity index (χ4n) is 8.69. The molecule has 0 atom stereocenters. The Morgan fingerprint density at radius 2 is 1.00 bits per heavy atom. The molecule has 0 radical (unpaired) electrons. The lowest BCUT2D eigenvalue weighted by Gasteiger charge is -2.15. The quantitative estimate of drug-likeness (QED) is 0.183. The number of para-hydroxylation sites is 2. The molecule has 0 fully saturated rings. The van der Waals surface area contributed by atoms with Gasteiger partial charge in [-0.2, -0.15) is 0 Å². The van der Waals surface area contributed by atoms with E-state index in [4.69, 9.17) is 15.0 Å². The van der Waals surface area contributed by atoms with Gasteiger partial charge in [-0.25, -0.2) is 15.0 Å². The highest BCUT2D eigenvalue weighted by atomic mass is 32.1. The molecule has 0 aliphatic heterocycles. The Bertz CT molecular complexity index is 3280. The molecular formula is C49H28N4S. The van der Waals surface area contributed by atoms with E-state index in [0.717, 1.165) is 33.4 Å². The third-order valence-corrected chi connectivity index (χ3v) is 12.1. The lowest BCUT2D eigenvalue weighted by Crippen LogP contribution is -2.02. The molecule has 0 unspecified atom stereocenters. The van der Waals surface area contributed by atoms with Crippen LogP contribution in [0.4, 0.5) is 0 Å². The smallest absolute Gasteiger partial charge is 0.165 e. The molecule has 0 amide bonds. The van der Waals surface area contributed by atoms with E-state index in [9.17, 15) is 0 Å². The third-order valence-electron chi connectivity index (χ3n) is 11.0. The monoisotopic (exact) mass is 704 g/mol. The Hall–Kier alpha value is -6.95. The van der Waals surface area contributed by atoms with E-state index in [1.54, 1.807) is 0 Å². The minimum Gasteiger partial charge on any atom is -0.309 e. The number of hydrogen-bond donors (Lipinski definition) is 0. The second-order valence-electron chi connectivity index (χ2n) is 13.9. The van der Waals surface area contributed by atoms with Crippen molar-refractivity contribution in [2.24, 2.45) is 0 Å². The van der Waals surface area contributed by atoms with Crippen LogP contribution in [0.2, 0.25) is 0 Å². The summed E-state index contributed by atoms with van der Waals surface area (Å²) in [6.07, 6.45) is 0. The van der Waals surface area contributed by atoms with Crippen molar-refractivity contribution in [2.45, 2.75) is 0 Å². The van der Waals surface area contributed by atoms with Crippen LogP contribution in [0, 0.1) is 0 Å². The Labute approximate surface area is 314 Å². The van der Waals surface area contributed by atoms with Crippen LogP contribution in [0.1, 0.15) is 0 Å². The summed E-state index contributed by atoms with van der Waals surface area (Å²) in [5.41, 5.74) is 11.2. The van der Waals surface area contributed by atoms with Crippen LogP contribution in [0.5, 0.6) is 0 Å². The van der Waals surface area contributed by atoms with Gasteiger partial charge in [-0.05, 0) is 63.9 Å². The maximum Gasteiger partial charge on any atom is 0.165 e. The van der Waals surface area contributed by atoms with Gasteiger partial charge in [0.1, 0.15) is 0 Å². The van der Waals surface area contributed by atoms with Crippen LogP contribution in [-0.2, 0) is 0 Å². The summed E-state index contributed by atoms with van der Waals surface area (Å²) in [5.74, 6) is 1.97. The van der Waals surface area contributed by atoms with Gasteiger partial charge in [0.2, 0.25) is 0 Å².